The number of anilines is 2. The minimum Gasteiger partial charge on any atom is -0.464 e. The monoisotopic (exact) mass is 434 g/mol. The fourth-order valence-corrected chi connectivity index (χ4v) is 4.10. The van der Waals surface area contributed by atoms with Gasteiger partial charge in [0.25, 0.3) is 0 Å². The highest BCUT2D eigenvalue weighted by Crippen LogP contribution is 2.42. The Bertz CT molecular complexity index is 1110. The quantitative estimate of drug-likeness (QED) is 0.547. The number of aryl methyl sites for hydroxylation is 2. The van der Waals surface area contributed by atoms with Crippen LogP contribution in [0.3, 0.4) is 0 Å². The number of carbonyl (C=O) groups excluding carboxylic acids is 1. The Labute approximate surface area is 187 Å². The summed E-state index contributed by atoms with van der Waals surface area (Å²) in [5, 5.41) is 7.01. The molecule has 1 fully saturated rings. The third-order valence-electron chi connectivity index (χ3n) is 5.42. The lowest BCUT2D eigenvalue weighted by atomic mass is 10.0. The number of furan rings is 1. The van der Waals surface area contributed by atoms with Gasteiger partial charge in [-0.2, -0.15) is 0 Å². The predicted octanol–water partition coefficient (Wildman–Crippen LogP) is 5.06. The first-order chi connectivity index (χ1) is 14.8. The Balaban J connectivity index is 1.73. The van der Waals surface area contributed by atoms with Crippen LogP contribution in [0.4, 0.5) is 11.4 Å². The minimum atomic E-state index is -0.188. The fourth-order valence-electron chi connectivity index (χ4n) is 3.75. The van der Waals surface area contributed by atoms with Crippen molar-refractivity contribution in [3.63, 3.8) is 0 Å². The molecule has 2 atom stereocenters. The standard InChI is InChI=1S/C24H26N4O2S/c1-14(2)23(29)26-18-10-9-17(13-15(18)3)28-22(20-11-8-16(4)30-20)21(27-24(28)31)19-7-5-6-12-25-19/h5-14,21-22H,1-4H3,(H,26,29)(H,27,31)/t21-,22+/m1/s1. The maximum Gasteiger partial charge on any atom is 0.226 e. The SMILES string of the molecule is Cc1ccc([C@H]2[C@@H](c3ccccn3)NC(=S)N2c2ccc(NC(=O)C(C)C)c(C)c2)o1. The smallest absolute Gasteiger partial charge is 0.226 e. The Morgan fingerprint density at radius 2 is 2.00 bits per heavy atom. The summed E-state index contributed by atoms with van der Waals surface area (Å²) in [6, 6.07) is 15.4. The van der Waals surface area contributed by atoms with E-state index in [1.54, 1.807) is 6.20 Å². The van der Waals surface area contributed by atoms with E-state index in [0.717, 1.165) is 34.2 Å². The highest BCUT2D eigenvalue weighted by atomic mass is 32.1. The lowest BCUT2D eigenvalue weighted by Gasteiger charge is -2.27. The minimum absolute atomic E-state index is 0.00615. The molecule has 1 aliphatic rings. The molecule has 0 saturated carbocycles. The van der Waals surface area contributed by atoms with Crippen LogP contribution in [0.5, 0.6) is 0 Å². The van der Waals surface area contributed by atoms with Crippen molar-refractivity contribution in [1.82, 2.24) is 10.3 Å². The Morgan fingerprint density at radius 1 is 1.19 bits per heavy atom. The Hall–Kier alpha value is -3.19. The molecule has 2 aromatic heterocycles. The zero-order chi connectivity index (χ0) is 22.1. The molecule has 2 N–H and O–H groups in total. The van der Waals surface area contributed by atoms with E-state index in [0.29, 0.717) is 5.11 Å². The molecule has 0 aliphatic carbocycles. The Morgan fingerprint density at radius 3 is 2.61 bits per heavy atom. The number of hydrogen-bond acceptors (Lipinski definition) is 4. The van der Waals surface area contributed by atoms with E-state index in [1.165, 1.54) is 0 Å². The summed E-state index contributed by atoms with van der Waals surface area (Å²) in [7, 11) is 0. The number of pyridine rings is 1. The first-order valence-corrected chi connectivity index (χ1v) is 10.7. The number of aromatic nitrogens is 1. The van der Waals surface area contributed by atoms with Gasteiger partial charge in [-0.3, -0.25) is 9.78 Å². The van der Waals surface area contributed by atoms with E-state index in [-0.39, 0.29) is 23.9 Å². The van der Waals surface area contributed by atoms with Crippen LogP contribution in [0.2, 0.25) is 0 Å². The second-order valence-electron chi connectivity index (χ2n) is 8.09. The van der Waals surface area contributed by atoms with Gasteiger partial charge >= 0.3 is 0 Å². The molecule has 160 valence electrons. The third-order valence-corrected chi connectivity index (χ3v) is 5.74. The molecular weight excluding hydrogens is 408 g/mol. The molecular formula is C24H26N4O2S. The third kappa shape index (κ3) is 4.18. The summed E-state index contributed by atoms with van der Waals surface area (Å²) in [4.78, 5) is 18.7. The van der Waals surface area contributed by atoms with Crippen LogP contribution in [0, 0.1) is 19.8 Å². The Kier molecular flexibility index (Phi) is 5.78. The molecule has 7 heteroatoms. The molecule has 4 rings (SSSR count). The summed E-state index contributed by atoms with van der Waals surface area (Å²) >= 11 is 5.74. The summed E-state index contributed by atoms with van der Waals surface area (Å²) in [5.41, 5.74) is 3.58. The first-order valence-electron chi connectivity index (χ1n) is 10.3. The van der Waals surface area contributed by atoms with Gasteiger partial charge in [0.05, 0.1) is 11.7 Å². The van der Waals surface area contributed by atoms with Crippen molar-refractivity contribution in [1.29, 1.82) is 0 Å². The topological polar surface area (TPSA) is 70.4 Å². The van der Waals surface area contributed by atoms with E-state index in [4.69, 9.17) is 16.6 Å². The average Bonchev–Trinajstić information content (AvgIpc) is 3.32. The van der Waals surface area contributed by atoms with Crippen LogP contribution in [-0.2, 0) is 4.79 Å². The van der Waals surface area contributed by atoms with Gasteiger partial charge in [0, 0.05) is 23.5 Å². The normalized spacial score (nSPS) is 18.4. The molecule has 0 unspecified atom stereocenters. The fraction of sp³-hybridized carbons (Fsp3) is 0.292. The van der Waals surface area contributed by atoms with Crippen molar-refractivity contribution in [2.24, 2.45) is 5.92 Å². The molecule has 1 aromatic carbocycles. The van der Waals surface area contributed by atoms with Crippen LogP contribution < -0.4 is 15.5 Å². The first kappa shape index (κ1) is 21.1. The molecule has 0 spiro atoms. The molecule has 31 heavy (non-hydrogen) atoms. The summed E-state index contributed by atoms with van der Waals surface area (Å²) in [6.45, 7) is 7.66. The molecule has 1 saturated heterocycles. The highest BCUT2D eigenvalue weighted by molar-refractivity contribution is 7.80. The van der Waals surface area contributed by atoms with Gasteiger partial charge in [0.2, 0.25) is 5.91 Å². The predicted molar refractivity (Wildman–Crippen MR) is 126 cm³/mol. The van der Waals surface area contributed by atoms with Crippen molar-refractivity contribution in [3.8, 4) is 0 Å². The number of nitrogens with zero attached hydrogens (tertiary/aromatic N) is 2. The van der Waals surface area contributed by atoms with Crippen LogP contribution in [0.15, 0.2) is 59.1 Å². The maximum atomic E-state index is 12.1. The number of nitrogens with one attached hydrogen (secondary N) is 2. The molecule has 0 radical (unpaired) electrons. The van der Waals surface area contributed by atoms with Gasteiger partial charge in [0.1, 0.15) is 17.6 Å². The summed E-state index contributed by atoms with van der Waals surface area (Å²) in [5.74, 6) is 1.57. The number of thiocarbonyl (C=S) groups is 1. The lowest BCUT2D eigenvalue weighted by molar-refractivity contribution is -0.118. The summed E-state index contributed by atoms with van der Waals surface area (Å²) in [6.07, 6.45) is 1.78. The molecule has 1 aliphatic heterocycles. The van der Waals surface area contributed by atoms with E-state index in [9.17, 15) is 4.79 Å². The zero-order valence-corrected chi connectivity index (χ0v) is 18.9. The van der Waals surface area contributed by atoms with E-state index >= 15 is 0 Å². The van der Waals surface area contributed by atoms with Crippen molar-refractivity contribution in [2.75, 3.05) is 10.2 Å². The van der Waals surface area contributed by atoms with Gasteiger partial charge in [-0.15, -0.1) is 0 Å². The second-order valence-corrected chi connectivity index (χ2v) is 8.47. The molecule has 6 nitrogen and oxygen atoms in total. The van der Waals surface area contributed by atoms with Crippen LogP contribution >= 0.6 is 12.2 Å². The van der Waals surface area contributed by atoms with Gasteiger partial charge in [-0.25, -0.2) is 0 Å². The highest BCUT2D eigenvalue weighted by Gasteiger charge is 2.42. The summed E-state index contributed by atoms with van der Waals surface area (Å²) < 4.78 is 6.03. The number of hydrogen-bond donors (Lipinski definition) is 2. The van der Waals surface area contributed by atoms with Gasteiger partial charge < -0.3 is 20.0 Å². The van der Waals surface area contributed by atoms with Crippen LogP contribution in [0.1, 0.15) is 48.7 Å². The maximum absolute atomic E-state index is 12.1. The van der Waals surface area contributed by atoms with Gasteiger partial charge in [0.15, 0.2) is 5.11 Å². The van der Waals surface area contributed by atoms with E-state index in [2.05, 4.69) is 20.5 Å². The van der Waals surface area contributed by atoms with Crippen LogP contribution in [-0.4, -0.2) is 16.0 Å². The van der Waals surface area contributed by atoms with Crippen molar-refractivity contribution in [2.45, 2.75) is 39.8 Å². The molecule has 3 aromatic rings. The second kappa shape index (κ2) is 8.51. The van der Waals surface area contributed by atoms with Crippen molar-refractivity contribution >= 4 is 34.6 Å². The largest absolute Gasteiger partial charge is 0.464 e. The molecule has 3 heterocycles. The van der Waals surface area contributed by atoms with Crippen molar-refractivity contribution in [3.05, 3.63) is 77.5 Å². The van der Waals surface area contributed by atoms with E-state index in [1.807, 2.05) is 76.2 Å². The zero-order valence-electron chi connectivity index (χ0n) is 18.0. The number of amides is 1. The molecule has 0 bridgehead atoms. The molecule has 1 amide bonds. The van der Waals surface area contributed by atoms with Gasteiger partial charge in [-0.1, -0.05) is 19.9 Å². The van der Waals surface area contributed by atoms with Crippen LogP contribution in [0.25, 0.3) is 0 Å². The number of benzene rings is 1. The van der Waals surface area contributed by atoms with Gasteiger partial charge in [-0.05, 0) is 74.1 Å². The average molecular weight is 435 g/mol. The number of rotatable bonds is 5. The number of carbonyl (C=O) groups is 1. The van der Waals surface area contributed by atoms with Crippen molar-refractivity contribution < 1.29 is 9.21 Å². The lowest BCUT2D eigenvalue weighted by Crippen LogP contribution is -2.29. The van der Waals surface area contributed by atoms with E-state index < -0.39 is 0 Å².